The largest absolute Gasteiger partial charge is 4.00 e. The molecule has 152 valence electrons. The van der Waals surface area contributed by atoms with E-state index in [9.17, 15) is 0 Å². The second-order valence-corrected chi connectivity index (χ2v) is 10.9. The van der Waals surface area contributed by atoms with Crippen molar-refractivity contribution in [1.29, 1.82) is 0 Å². The third-order valence-corrected chi connectivity index (χ3v) is 9.97. The minimum atomic E-state index is -2.02. The summed E-state index contributed by atoms with van der Waals surface area (Å²) in [5.74, 6) is 0. The van der Waals surface area contributed by atoms with Crippen molar-refractivity contribution in [2.75, 3.05) is 0 Å². The summed E-state index contributed by atoms with van der Waals surface area (Å²) in [5, 5.41) is 4.46. The molecule has 0 unspecified atom stereocenters. The molecule has 0 fully saturated rings. The smallest absolute Gasteiger partial charge is 1.00 e. The Morgan fingerprint density at radius 3 is 1.60 bits per heavy atom. The summed E-state index contributed by atoms with van der Waals surface area (Å²) in [6.45, 7) is 2.49. The zero-order valence-corrected chi connectivity index (χ0v) is 21.6. The molecule has 0 aliphatic heterocycles. The van der Waals surface area contributed by atoms with Gasteiger partial charge in [0.15, 0.2) is 0 Å². The average Bonchev–Trinajstić information content (AvgIpc) is 3.18. The van der Waals surface area contributed by atoms with Crippen LogP contribution in [-0.2, 0) is 28.1 Å². The summed E-state index contributed by atoms with van der Waals surface area (Å²) < 4.78 is 0. The summed E-state index contributed by atoms with van der Waals surface area (Å²) in [6, 6.07) is 32.9. The first-order valence-corrected chi connectivity index (χ1v) is 11.7. The third kappa shape index (κ3) is 6.01. The van der Waals surface area contributed by atoms with Crippen molar-refractivity contribution >= 4 is 18.4 Å². The van der Waals surface area contributed by atoms with E-state index < -0.39 is 8.07 Å². The molecule has 3 aromatic rings. The van der Waals surface area contributed by atoms with Crippen LogP contribution in [0.2, 0.25) is 6.55 Å². The predicted molar refractivity (Wildman–Crippen MR) is 113 cm³/mol. The maximum atomic E-state index is 3.66. The fraction of sp³-hybridized carbons (Fsp3) is 0.120. The van der Waals surface area contributed by atoms with E-state index in [1.807, 2.05) is 0 Å². The Bertz CT molecular complexity index is 902. The molecule has 3 aromatic carbocycles. The first-order valence-electron chi connectivity index (χ1n) is 9.24. The molecule has 0 N–H and O–H groups in total. The summed E-state index contributed by atoms with van der Waals surface area (Å²) >= 11 is 0. The molecule has 4 rings (SSSR count). The van der Waals surface area contributed by atoms with Gasteiger partial charge < -0.3 is 37.2 Å². The Hall–Kier alpha value is -1.06. The molecule has 30 heavy (non-hydrogen) atoms. The van der Waals surface area contributed by atoms with Gasteiger partial charge in [-0.3, -0.25) is 6.08 Å². The third-order valence-electron chi connectivity index (χ3n) is 5.41. The number of hydrogen-bond acceptors (Lipinski definition) is 0. The van der Waals surface area contributed by atoms with Crippen LogP contribution in [0.25, 0.3) is 0 Å². The maximum absolute atomic E-state index is 3.66. The van der Waals surface area contributed by atoms with Gasteiger partial charge in [-0.2, -0.15) is 11.3 Å². The van der Waals surface area contributed by atoms with Crippen LogP contribution in [0.1, 0.15) is 12.0 Å². The Kier molecular flexibility index (Phi) is 12.9. The number of rotatable bonds is 5. The molecule has 5 heteroatoms. The second kappa shape index (κ2) is 13.4. The van der Waals surface area contributed by atoms with Crippen LogP contribution < -0.4 is 47.6 Å². The minimum Gasteiger partial charge on any atom is -1.00 e. The van der Waals surface area contributed by atoms with Crippen LogP contribution in [0.15, 0.2) is 108 Å². The van der Waals surface area contributed by atoms with E-state index in [2.05, 4.69) is 110 Å². The molecule has 0 nitrogen and oxygen atoms in total. The van der Waals surface area contributed by atoms with E-state index in [4.69, 9.17) is 0 Å². The van der Waals surface area contributed by atoms with Crippen molar-refractivity contribution in [2.24, 2.45) is 0 Å². The molecular weight excluding hydrogens is 483 g/mol. The quantitative estimate of drug-likeness (QED) is 0.243. The normalized spacial score (nSPS) is 12.2. The number of hydrogen-bond donors (Lipinski definition) is 0. The van der Waals surface area contributed by atoms with E-state index in [0.29, 0.717) is 0 Å². The molecule has 0 amide bonds. The van der Waals surface area contributed by atoms with E-state index in [1.54, 1.807) is 0 Å². The molecule has 0 radical (unpaired) electrons. The zero-order valence-electron chi connectivity index (χ0n) is 16.8. The fourth-order valence-electron chi connectivity index (χ4n) is 3.98. The van der Waals surface area contributed by atoms with Crippen LogP contribution in [-0.4, -0.2) is 8.07 Å². The van der Waals surface area contributed by atoms with Crippen molar-refractivity contribution in [3.8, 4) is 0 Å². The first kappa shape index (κ1) is 28.9. The van der Waals surface area contributed by atoms with Crippen molar-refractivity contribution in [1.82, 2.24) is 0 Å². The van der Waals surface area contributed by atoms with Gasteiger partial charge in [-0.15, -0.1) is 6.42 Å². The van der Waals surface area contributed by atoms with Gasteiger partial charge in [0.2, 0.25) is 0 Å². The van der Waals surface area contributed by atoms with E-state index in [-0.39, 0.29) is 58.9 Å². The number of halogens is 3. The maximum Gasteiger partial charge on any atom is 4.00 e. The Labute approximate surface area is 215 Å². The molecule has 0 saturated carbocycles. The minimum absolute atomic E-state index is 0. The molecular formula is C25H23Cl3SiTi. The molecule has 0 heterocycles. The molecule has 0 saturated heterocycles. The molecule has 1 aliphatic carbocycles. The van der Waals surface area contributed by atoms with Crippen molar-refractivity contribution in [3.63, 3.8) is 0 Å². The summed E-state index contributed by atoms with van der Waals surface area (Å²) in [5.41, 5.74) is 2.75. The van der Waals surface area contributed by atoms with Crippen LogP contribution >= 0.6 is 0 Å². The summed E-state index contributed by atoms with van der Waals surface area (Å²) in [7, 11) is -2.02. The topological polar surface area (TPSA) is 0 Å². The van der Waals surface area contributed by atoms with Gasteiger partial charge in [-0.1, -0.05) is 108 Å². The van der Waals surface area contributed by atoms with E-state index in [0.717, 1.165) is 12.8 Å². The van der Waals surface area contributed by atoms with Crippen LogP contribution in [0.5, 0.6) is 0 Å². The molecule has 1 aliphatic rings. The van der Waals surface area contributed by atoms with E-state index >= 15 is 0 Å². The SMILES string of the molecule is C[Si](C1=CC[C-]=C1Cc1ccccc1)(c1ccccc1)c1ccccc1.[Cl-].[Cl-].[Cl-].[Ti+4]. The van der Waals surface area contributed by atoms with Crippen molar-refractivity contribution < 1.29 is 58.9 Å². The standard InChI is InChI=1S/C25H23Si.3ClH.Ti/c1-26(23-15-7-3-8-16-23,24-17-9-4-10-18-24)25-19-11-14-22(25)20-21-12-5-2-6-13-21;;;;/h2-10,12-13,15-19H,11,20H2,1H3;3*1H;/q-1;;;;+4/p-3. The van der Waals surface area contributed by atoms with Gasteiger partial charge in [0.25, 0.3) is 0 Å². The monoisotopic (exact) mass is 504 g/mol. The zero-order chi connectivity index (χ0) is 17.8. The van der Waals surface area contributed by atoms with Gasteiger partial charge in [0.05, 0.1) is 8.07 Å². The molecule has 0 spiro atoms. The van der Waals surface area contributed by atoms with Gasteiger partial charge in [-0.25, -0.2) is 5.57 Å². The van der Waals surface area contributed by atoms with E-state index in [1.165, 1.54) is 26.7 Å². The van der Waals surface area contributed by atoms with Gasteiger partial charge >= 0.3 is 21.7 Å². The van der Waals surface area contributed by atoms with Crippen LogP contribution in [0.4, 0.5) is 0 Å². The first-order chi connectivity index (χ1) is 12.8. The van der Waals surface area contributed by atoms with Gasteiger partial charge in [-0.05, 0) is 12.0 Å². The van der Waals surface area contributed by atoms with Crippen molar-refractivity contribution in [2.45, 2.75) is 19.4 Å². The predicted octanol–water partition coefficient (Wildman–Crippen LogP) is -4.27. The Balaban J connectivity index is 0.00000210. The Morgan fingerprint density at radius 1 is 0.700 bits per heavy atom. The molecule has 0 atom stereocenters. The second-order valence-electron chi connectivity index (χ2n) is 7.00. The molecule has 0 bridgehead atoms. The van der Waals surface area contributed by atoms with Crippen molar-refractivity contribution in [3.05, 3.63) is 119 Å². The van der Waals surface area contributed by atoms with Crippen LogP contribution in [0.3, 0.4) is 0 Å². The Morgan fingerprint density at radius 2 is 1.13 bits per heavy atom. The summed E-state index contributed by atoms with van der Waals surface area (Å²) in [6.07, 6.45) is 7.98. The fourth-order valence-corrected chi connectivity index (χ4v) is 7.94. The van der Waals surface area contributed by atoms with Gasteiger partial charge in [0.1, 0.15) is 0 Å². The number of allylic oxidation sites excluding steroid dienone is 4. The average molecular weight is 506 g/mol. The summed E-state index contributed by atoms with van der Waals surface area (Å²) in [4.78, 5) is 0. The number of benzene rings is 3. The van der Waals surface area contributed by atoms with Gasteiger partial charge in [0, 0.05) is 0 Å². The molecule has 0 aromatic heterocycles. The van der Waals surface area contributed by atoms with Crippen LogP contribution in [0, 0.1) is 6.08 Å².